The van der Waals surface area contributed by atoms with Crippen molar-refractivity contribution in [1.82, 2.24) is 9.80 Å². The smallest absolute Gasteiger partial charge is 0.234 e. The third-order valence-corrected chi connectivity index (χ3v) is 5.91. The molecule has 0 radical (unpaired) electrons. The largest absolute Gasteiger partial charge is 0.454 e. The van der Waals surface area contributed by atoms with E-state index in [1.807, 2.05) is 42.5 Å². The van der Waals surface area contributed by atoms with E-state index in [9.17, 15) is 9.59 Å². The highest BCUT2D eigenvalue weighted by Crippen LogP contribution is 2.37. The maximum Gasteiger partial charge on any atom is 0.234 e. The Bertz CT molecular complexity index is 922. The van der Waals surface area contributed by atoms with Crippen LogP contribution in [0.25, 0.3) is 0 Å². The van der Waals surface area contributed by atoms with Crippen LogP contribution in [0.1, 0.15) is 11.1 Å². The van der Waals surface area contributed by atoms with Crippen LogP contribution in [0.15, 0.2) is 42.5 Å². The molecule has 2 amide bonds. The van der Waals surface area contributed by atoms with Crippen LogP contribution in [0.3, 0.4) is 0 Å². The molecule has 2 aromatic rings. The van der Waals surface area contributed by atoms with Gasteiger partial charge < -0.3 is 9.47 Å². The lowest BCUT2D eigenvalue weighted by Gasteiger charge is -2.21. The van der Waals surface area contributed by atoms with Crippen molar-refractivity contribution in [2.24, 2.45) is 11.8 Å². The Morgan fingerprint density at radius 2 is 1.50 bits per heavy atom. The molecule has 3 aliphatic heterocycles. The molecule has 7 heteroatoms. The highest BCUT2D eigenvalue weighted by Gasteiger charge is 2.52. The van der Waals surface area contributed by atoms with E-state index in [0.29, 0.717) is 36.2 Å². The summed E-state index contributed by atoms with van der Waals surface area (Å²) in [5, 5.41) is 0.701. The van der Waals surface area contributed by atoms with E-state index < -0.39 is 0 Å². The molecule has 6 nitrogen and oxygen atoms in total. The van der Waals surface area contributed by atoms with Gasteiger partial charge in [0.25, 0.3) is 0 Å². The number of hydrogen-bond donors (Lipinski definition) is 0. The zero-order valence-electron chi connectivity index (χ0n) is 15.1. The highest BCUT2D eigenvalue weighted by molar-refractivity contribution is 6.30. The van der Waals surface area contributed by atoms with Crippen LogP contribution >= 0.6 is 11.6 Å². The van der Waals surface area contributed by atoms with E-state index in [4.69, 9.17) is 21.1 Å². The summed E-state index contributed by atoms with van der Waals surface area (Å²) < 4.78 is 10.7. The van der Waals surface area contributed by atoms with Crippen LogP contribution in [0.2, 0.25) is 5.02 Å². The van der Waals surface area contributed by atoms with Crippen LogP contribution in [0, 0.1) is 11.8 Å². The average molecular weight is 399 g/mol. The molecule has 144 valence electrons. The van der Waals surface area contributed by atoms with Gasteiger partial charge in [0.1, 0.15) is 0 Å². The first-order valence-electron chi connectivity index (χ1n) is 9.29. The van der Waals surface area contributed by atoms with Crippen molar-refractivity contribution in [3.8, 4) is 11.5 Å². The summed E-state index contributed by atoms with van der Waals surface area (Å²) in [5.74, 6) is 0.684. The molecule has 2 saturated heterocycles. The Morgan fingerprint density at radius 3 is 2.21 bits per heavy atom. The van der Waals surface area contributed by atoms with E-state index in [1.165, 1.54) is 4.90 Å². The molecular weight excluding hydrogens is 380 g/mol. The molecule has 2 fully saturated rings. The number of nitrogens with zero attached hydrogens (tertiary/aromatic N) is 2. The fraction of sp³-hybridized carbons (Fsp3) is 0.333. The van der Waals surface area contributed by atoms with E-state index >= 15 is 0 Å². The van der Waals surface area contributed by atoms with Crippen molar-refractivity contribution in [2.45, 2.75) is 13.1 Å². The van der Waals surface area contributed by atoms with Gasteiger partial charge in [-0.2, -0.15) is 0 Å². The molecule has 0 aromatic heterocycles. The minimum atomic E-state index is -0.256. The topological polar surface area (TPSA) is 59.1 Å². The van der Waals surface area contributed by atoms with Crippen LogP contribution in [-0.2, 0) is 22.7 Å². The molecule has 0 bridgehead atoms. The number of amides is 2. The molecule has 3 heterocycles. The maximum absolute atomic E-state index is 12.9. The summed E-state index contributed by atoms with van der Waals surface area (Å²) >= 11 is 5.93. The van der Waals surface area contributed by atoms with E-state index in [1.54, 1.807) is 0 Å². The van der Waals surface area contributed by atoms with Gasteiger partial charge in [-0.25, -0.2) is 0 Å². The molecule has 2 atom stereocenters. The second kappa shape index (κ2) is 6.79. The highest BCUT2D eigenvalue weighted by atomic mass is 35.5. The number of ether oxygens (including phenoxy) is 2. The molecule has 5 rings (SSSR count). The van der Waals surface area contributed by atoms with E-state index in [2.05, 4.69) is 4.90 Å². The van der Waals surface area contributed by atoms with Gasteiger partial charge in [-0.05, 0) is 35.4 Å². The van der Waals surface area contributed by atoms with Crippen LogP contribution in [0.4, 0.5) is 0 Å². The number of benzene rings is 2. The minimum absolute atomic E-state index is 0.0775. The second-order valence-corrected chi connectivity index (χ2v) is 7.92. The third-order valence-electron chi connectivity index (χ3n) is 5.66. The molecule has 0 spiro atoms. The van der Waals surface area contributed by atoms with Crippen molar-refractivity contribution in [2.75, 3.05) is 19.9 Å². The van der Waals surface area contributed by atoms with Crippen molar-refractivity contribution in [3.05, 3.63) is 58.6 Å². The third kappa shape index (κ3) is 3.02. The monoisotopic (exact) mass is 398 g/mol. The maximum atomic E-state index is 12.9. The zero-order chi connectivity index (χ0) is 19.3. The Kier molecular flexibility index (Phi) is 4.25. The summed E-state index contributed by atoms with van der Waals surface area (Å²) in [6.45, 7) is 2.41. The normalized spacial score (nSPS) is 23.5. The lowest BCUT2D eigenvalue weighted by atomic mass is 10.00. The summed E-state index contributed by atoms with van der Waals surface area (Å²) in [4.78, 5) is 29.3. The first kappa shape index (κ1) is 17.5. The van der Waals surface area contributed by atoms with Gasteiger partial charge in [-0.3, -0.25) is 19.4 Å². The molecule has 0 N–H and O–H groups in total. The molecule has 0 unspecified atom stereocenters. The van der Waals surface area contributed by atoms with Crippen LogP contribution < -0.4 is 9.47 Å². The number of halogens is 1. The summed E-state index contributed by atoms with van der Waals surface area (Å²) in [5.41, 5.74) is 1.99. The lowest BCUT2D eigenvalue weighted by molar-refractivity contribution is -0.141. The van der Waals surface area contributed by atoms with Gasteiger partial charge in [0.05, 0.1) is 18.4 Å². The summed E-state index contributed by atoms with van der Waals surface area (Å²) in [7, 11) is 0. The van der Waals surface area contributed by atoms with Gasteiger partial charge in [0.15, 0.2) is 11.5 Å². The second-order valence-electron chi connectivity index (χ2n) is 7.48. The molecule has 0 aliphatic carbocycles. The fourth-order valence-electron chi connectivity index (χ4n) is 4.25. The minimum Gasteiger partial charge on any atom is -0.454 e. The SMILES string of the molecule is O=C1[C@H]2CN(Cc3ccc(Cl)cc3)C[C@H]2C(=O)N1Cc1ccc2c(c1)OCO2. The quantitative estimate of drug-likeness (QED) is 0.741. The molecule has 0 saturated carbocycles. The summed E-state index contributed by atoms with van der Waals surface area (Å²) in [6.07, 6.45) is 0. The van der Waals surface area contributed by atoms with E-state index in [0.717, 1.165) is 11.1 Å². The van der Waals surface area contributed by atoms with Gasteiger partial charge in [0.2, 0.25) is 18.6 Å². The molecule has 3 aliphatic rings. The Balaban J connectivity index is 1.26. The Morgan fingerprint density at radius 1 is 0.857 bits per heavy atom. The Labute approximate surface area is 167 Å². The number of carbonyl (C=O) groups excluding carboxylic acids is 2. The predicted molar refractivity (Wildman–Crippen MR) is 102 cm³/mol. The van der Waals surface area contributed by atoms with E-state index in [-0.39, 0.29) is 37.0 Å². The number of fused-ring (bicyclic) bond motifs is 2. The van der Waals surface area contributed by atoms with Crippen LogP contribution in [0.5, 0.6) is 11.5 Å². The number of hydrogen-bond acceptors (Lipinski definition) is 5. The summed E-state index contributed by atoms with van der Waals surface area (Å²) in [6, 6.07) is 13.2. The number of imide groups is 1. The van der Waals surface area contributed by atoms with Crippen molar-refractivity contribution in [3.63, 3.8) is 0 Å². The van der Waals surface area contributed by atoms with Crippen molar-refractivity contribution < 1.29 is 19.1 Å². The zero-order valence-corrected chi connectivity index (χ0v) is 15.9. The van der Waals surface area contributed by atoms with Gasteiger partial charge in [-0.15, -0.1) is 0 Å². The number of rotatable bonds is 4. The first-order chi connectivity index (χ1) is 13.6. The number of carbonyl (C=O) groups is 2. The Hall–Kier alpha value is -2.57. The van der Waals surface area contributed by atoms with Gasteiger partial charge in [-0.1, -0.05) is 29.8 Å². The van der Waals surface area contributed by atoms with Gasteiger partial charge >= 0.3 is 0 Å². The van der Waals surface area contributed by atoms with Gasteiger partial charge in [0, 0.05) is 24.7 Å². The lowest BCUT2D eigenvalue weighted by Crippen LogP contribution is -2.35. The average Bonchev–Trinajstić information content (AvgIpc) is 3.37. The van der Waals surface area contributed by atoms with Crippen molar-refractivity contribution >= 4 is 23.4 Å². The molecule has 28 heavy (non-hydrogen) atoms. The molecular formula is C21H19ClN2O4. The van der Waals surface area contributed by atoms with Crippen molar-refractivity contribution in [1.29, 1.82) is 0 Å². The predicted octanol–water partition coefficient (Wildman–Crippen LogP) is 2.69. The standard InChI is InChI=1S/C21H19ClN2O4/c22-15-4-1-13(2-5-15)8-23-10-16-17(11-23)21(26)24(20(16)25)9-14-3-6-18-19(7-14)28-12-27-18/h1-7,16-17H,8-12H2/t16-,17+. The molecule has 2 aromatic carbocycles. The fourth-order valence-corrected chi connectivity index (χ4v) is 4.38. The first-order valence-corrected chi connectivity index (χ1v) is 9.67. The van der Waals surface area contributed by atoms with Crippen LogP contribution in [-0.4, -0.2) is 41.5 Å². The number of likely N-dealkylation sites (tertiary alicyclic amines) is 2.